The number of non-ortho nitro benzene ring substituents is 1. The largest absolute Gasteiger partial charge is 0.506 e. The van der Waals surface area contributed by atoms with Gasteiger partial charge in [0.2, 0.25) is 5.91 Å². The van der Waals surface area contributed by atoms with Crippen LogP contribution in [0, 0.1) is 15.5 Å². The fourth-order valence-corrected chi connectivity index (χ4v) is 2.39. The second-order valence-electron chi connectivity index (χ2n) is 5.18. The monoisotopic (exact) mass is 264 g/mol. The van der Waals surface area contributed by atoms with E-state index >= 15 is 0 Å². The maximum absolute atomic E-state index is 12.2. The molecule has 1 aromatic carbocycles. The Labute approximate surface area is 110 Å². The van der Waals surface area contributed by atoms with Crippen LogP contribution < -0.4 is 5.32 Å². The lowest BCUT2D eigenvalue weighted by Crippen LogP contribution is -2.30. The number of amides is 1. The van der Waals surface area contributed by atoms with Gasteiger partial charge in [0.1, 0.15) is 5.75 Å². The highest BCUT2D eigenvalue weighted by Crippen LogP contribution is 2.39. The highest BCUT2D eigenvalue weighted by Gasteiger charge is 2.36. The summed E-state index contributed by atoms with van der Waals surface area (Å²) < 4.78 is 0. The summed E-state index contributed by atoms with van der Waals surface area (Å²) in [6.45, 7) is 1.90. The van der Waals surface area contributed by atoms with E-state index in [9.17, 15) is 20.0 Å². The average Bonchev–Trinajstić information content (AvgIpc) is 2.80. The molecule has 0 aliphatic heterocycles. The molecule has 0 spiro atoms. The first-order chi connectivity index (χ1) is 8.92. The summed E-state index contributed by atoms with van der Waals surface area (Å²) in [6, 6.07) is 3.64. The molecule has 102 valence electrons. The molecule has 0 saturated heterocycles. The molecule has 0 bridgehead atoms. The van der Waals surface area contributed by atoms with Crippen LogP contribution in [0.5, 0.6) is 5.75 Å². The van der Waals surface area contributed by atoms with Crippen LogP contribution in [0.3, 0.4) is 0 Å². The van der Waals surface area contributed by atoms with Crippen LogP contribution in [0.1, 0.15) is 32.6 Å². The molecule has 1 aliphatic carbocycles. The fourth-order valence-electron chi connectivity index (χ4n) is 2.39. The molecule has 2 N–H and O–H groups in total. The van der Waals surface area contributed by atoms with Crippen molar-refractivity contribution in [1.82, 2.24) is 0 Å². The number of carbonyl (C=O) groups is 1. The van der Waals surface area contributed by atoms with Gasteiger partial charge in [-0.15, -0.1) is 0 Å². The molecule has 0 heterocycles. The van der Waals surface area contributed by atoms with Gasteiger partial charge in [-0.25, -0.2) is 0 Å². The van der Waals surface area contributed by atoms with Crippen molar-refractivity contribution in [3.05, 3.63) is 28.3 Å². The third kappa shape index (κ3) is 2.67. The lowest BCUT2D eigenvalue weighted by atomic mass is 9.88. The SMILES string of the molecule is CC1(C(=O)Nc2ccc([N+](=O)[O-])cc2O)CCCC1. The van der Waals surface area contributed by atoms with E-state index in [1.807, 2.05) is 6.92 Å². The zero-order valence-corrected chi connectivity index (χ0v) is 10.7. The second-order valence-corrected chi connectivity index (χ2v) is 5.18. The minimum Gasteiger partial charge on any atom is -0.506 e. The Balaban J connectivity index is 2.15. The van der Waals surface area contributed by atoms with Crippen molar-refractivity contribution in [1.29, 1.82) is 0 Å². The van der Waals surface area contributed by atoms with Crippen molar-refractivity contribution >= 4 is 17.3 Å². The first-order valence-electron chi connectivity index (χ1n) is 6.21. The second kappa shape index (κ2) is 4.87. The number of hydrogen-bond acceptors (Lipinski definition) is 4. The highest BCUT2D eigenvalue weighted by molar-refractivity contribution is 5.96. The first kappa shape index (κ1) is 13.3. The molecule has 1 aliphatic rings. The lowest BCUT2D eigenvalue weighted by Gasteiger charge is -2.22. The number of aromatic hydroxyl groups is 1. The molecule has 2 rings (SSSR count). The minimum atomic E-state index is -0.594. The molecule has 0 aromatic heterocycles. The van der Waals surface area contributed by atoms with Gasteiger partial charge in [0.15, 0.2) is 0 Å². The van der Waals surface area contributed by atoms with Gasteiger partial charge >= 0.3 is 0 Å². The van der Waals surface area contributed by atoms with Gasteiger partial charge in [-0.3, -0.25) is 14.9 Å². The zero-order chi connectivity index (χ0) is 14.0. The molecule has 1 fully saturated rings. The molecule has 6 heteroatoms. The van der Waals surface area contributed by atoms with Gasteiger partial charge in [0, 0.05) is 11.5 Å². The first-order valence-corrected chi connectivity index (χ1v) is 6.21. The van der Waals surface area contributed by atoms with Crippen molar-refractivity contribution in [2.45, 2.75) is 32.6 Å². The number of phenols is 1. The smallest absolute Gasteiger partial charge is 0.273 e. The minimum absolute atomic E-state index is 0.144. The summed E-state index contributed by atoms with van der Waals surface area (Å²) in [7, 11) is 0. The van der Waals surface area contributed by atoms with Crippen molar-refractivity contribution in [3.63, 3.8) is 0 Å². The van der Waals surface area contributed by atoms with Crippen LogP contribution >= 0.6 is 0 Å². The van der Waals surface area contributed by atoms with E-state index in [0.29, 0.717) is 0 Å². The molecule has 0 radical (unpaired) electrons. The fraction of sp³-hybridized carbons (Fsp3) is 0.462. The van der Waals surface area contributed by atoms with Gasteiger partial charge in [-0.1, -0.05) is 19.8 Å². The number of rotatable bonds is 3. The summed E-state index contributed by atoms with van der Waals surface area (Å²) in [4.78, 5) is 22.1. The van der Waals surface area contributed by atoms with Crippen LogP contribution in [-0.2, 0) is 4.79 Å². The van der Waals surface area contributed by atoms with Crippen molar-refractivity contribution in [3.8, 4) is 5.75 Å². The van der Waals surface area contributed by atoms with Crippen LogP contribution in [0.2, 0.25) is 0 Å². The molecular weight excluding hydrogens is 248 g/mol. The molecular formula is C13H16N2O4. The molecule has 1 amide bonds. The molecule has 1 aromatic rings. The predicted octanol–water partition coefficient (Wildman–Crippen LogP) is 2.82. The van der Waals surface area contributed by atoms with Crippen molar-refractivity contribution < 1.29 is 14.8 Å². The Morgan fingerprint density at radius 2 is 2.05 bits per heavy atom. The van der Waals surface area contributed by atoms with E-state index in [1.165, 1.54) is 12.1 Å². The summed E-state index contributed by atoms with van der Waals surface area (Å²) in [5.74, 6) is -0.432. The number of anilines is 1. The predicted molar refractivity (Wildman–Crippen MR) is 70.0 cm³/mol. The number of nitro benzene ring substituents is 1. The average molecular weight is 264 g/mol. The molecule has 0 unspecified atom stereocenters. The number of benzene rings is 1. The Bertz CT molecular complexity index is 521. The van der Waals surface area contributed by atoms with Crippen LogP contribution in [0.25, 0.3) is 0 Å². The van der Waals surface area contributed by atoms with Crippen LogP contribution in [0.4, 0.5) is 11.4 Å². The molecule has 19 heavy (non-hydrogen) atoms. The summed E-state index contributed by atoms with van der Waals surface area (Å²) in [5, 5.41) is 22.9. The van der Waals surface area contributed by atoms with Crippen LogP contribution in [-0.4, -0.2) is 15.9 Å². The number of phenolic OH excluding ortho intramolecular Hbond substituents is 1. The number of nitrogens with zero attached hydrogens (tertiary/aromatic N) is 1. The van der Waals surface area contributed by atoms with E-state index in [-0.39, 0.29) is 23.0 Å². The number of nitrogens with one attached hydrogen (secondary N) is 1. The Hall–Kier alpha value is -2.11. The maximum atomic E-state index is 12.2. The van der Waals surface area contributed by atoms with Gasteiger partial charge < -0.3 is 10.4 Å². The topological polar surface area (TPSA) is 92.5 Å². The Kier molecular flexibility index (Phi) is 3.42. The van der Waals surface area contributed by atoms with E-state index in [1.54, 1.807) is 0 Å². The van der Waals surface area contributed by atoms with E-state index in [0.717, 1.165) is 31.7 Å². The van der Waals surface area contributed by atoms with Crippen LogP contribution in [0.15, 0.2) is 18.2 Å². The summed E-state index contributed by atoms with van der Waals surface area (Å²) in [6.07, 6.45) is 3.70. The third-order valence-electron chi connectivity index (χ3n) is 3.70. The molecule has 1 saturated carbocycles. The van der Waals surface area contributed by atoms with E-state index in [2.05, 4.69) is 5.32 Å². The van der Waals surface area contributed by atoms with Crippen molar-refractivity contribution in [2.75, 3.05) is 5.32 Å². The standard InChI is InChI=1S/C13H16N2O4/c1-13(6-2-3-7-13)12(17)14-10-5-4-9(15(18)19)8-11(10)16/h4-5,8,16H,2-3,6-7H2,1H3,(H,14,17). The quantitative estimate of drug-likeness (QED) is 0.498. The molecule has 0 atom stereocenters. The normalized spacial score (nSPS) is 17.1. The van der Waals surface area contributed by atoms with Crippen molar-refractivity contribution in [2.24, 2.45) is 5.41 Å². The Morgan fingerprint density at radius 3 is 2.58 bits per heavy atom. The number of hydrogen-bond donors (Lipinski definition) is 2. The van der Waals surface area contributed by atoms with E-state index < -0.39 is 10.3 Å². The molecule has 6 nitrogen and oxygen atoms in total. The maximum Gasteiger partial charge on any atom is 0.273 e. The lowest BCUT2D eigenvalue weighted by molar-refractivity contribution is -0.384. The van der Waals surface area contributed by atoms with E-state index in [4.69, 9.17) is 0 Å². The highest BCUT2D eigenvalue weighted by atomic mass is 16.6. The van der Waals surface area contributed by atoms with Gasteiger partial charge in [0.25, 0.3) is 5.69 Å². The number of nitro groups is 1. The summed E-state index contributed by atoms with van der Waals surface area (Å²) in [5.41, 5.74) is -0.403. The van der Waals surface area contributed by atoms with Gasteiger partial charge in [-0.2, -0.15) is 0 Å². The zero-order valence-electron chi connectivity index (χ0n) is 10.7. The van der Waals surface area contributed by atoms with Gasteiger partial charge in [0.05, 0.1) is 16.7 Å². The number of carbonyl (C=O) groups excluding carboxylic acids is 1. The Morgan fingerprint density at radius 1 is 1.42 bits per heavy atom. The van der Waals surface area contributed by atoms with Gasteiger partial charge in [-0.05, 0) is 18.9 Å². The third-order valence-corrected chi connectivity index (χ3v) is 3.70. The summed E-state index contributed by atoms with van der Waals surface area (Å²) >= 11 is 0.